The largest absolute Gasteiger partial charge is 0.497 e. The van der Waals surface area contributed by atoms with Crippen molar-refractivity contribution >= 4 is 11.7 Å². The molecule has 1 aliphatic rings. The molecule has 2 aromatic heterocycles. The number of nitrogens with zero attached hydrogens (tertiary/aromatic N) is 4. The van der Waals surface area contributed by atoms with Crippen molar-refractivity contribution in [1.82, 2.24) is 19.9 Å². The average Bonchev–Trinajstić information content (AvgIpc) is 3.47. The van der Waals surface area contributed by atoms with E-state index in [0.29, 0.717) is 24.2 Å². The van der Waals surface area contributed by atoms with Crippen LogP contribution in [0.5, 0.6) is 5.75 Å². The molecule has 4 rings (SSSR count). The maximum absolute atomic E-state index is 12.3. The molecule has 0 aliphatic heterocycles. The fourth-order valence-corrected chi connectivity index (χ4v) is 3.49. The molecule has 8 heteroatoms. The van der Waals surface area contributed by atoms with Crippen LogP contribution in [0, 0.1) is 0 Å². The summed E-state index contributed by atoms with van der Waals surface area (Å²) in [5.41, 5.74) is 0.834. The number of aromatic nitrogens is 4. The van der Waals surface area contributed by atoms with Gasteiger partial charge in [-0.1, -0.05) is 18.0 Å². The fourth-order valence-electron chi connectivity index (χ4n) is 3.49. The zero-order valence-corrected chi connectivity index (χ0v) is 15.8. The van der Waals surface area contributed by atoms with Crippen LogP contribution >= 0.6 is 0 Å². The summed E-state index contributed by atoms with van der Waals surface area (Å²) >= 11 is 0. The van der Waals surface area contributed by atoms with Gasteiger partial charge in [0.1, 0.15) is 11.6 Å². The van der Waals surface area contributed by atoms with E-state index in [4.69, 9.17) is 9.26 Å². The Morgan fingerprint density at radius 2 is 2.04 bits per heavy atom. The Morgan fingerprint density at radius 1 is 1.25 bits per heavy atom. The third-order valence-corrected chi connectivity index (χ3v) is 4.99. The van der Waals surface area contributed by atoms with Gasteiger partial charge in [0.2, 0.25) is 17.6 Å². The summed E-state index contributed by atoms with van der Waals surface area (Å²) in [5.74, 6) is 2.36. The molecule has 0 bridgehead atoms. The van der Waals surface area contributed by atoms with E-state index in [1.54, 1.807) is 13.3 Å². The van der Waals surface area contributed by atoms with E-state index in [2.05, 4.69) is 20.6 Å². The minimum Gasteiger partial charge on any atom is -0.497 e. The van der Waals surface area contributed by atoms with Gasteiger partial charge in [-0.25, -0.2) is 4.68 Å². The van der Waals surface area contributed by atoms with Gasteiger partial charge in [-0.2, -0.15) is 10.1 Å². The summed E-state index contributed by atoms with van der Waals surface area (Å²) in [6.07, 6.45) is 7.03. The van der Waals surface area contributed by atoms with Gasteiger partial charge in [-0.05, 0) is 37.1 Å². The Kier molecular flexibility index (Phi) is 5.36. The van der Waals surface area contributed by atoms with E-state index in [9.17, 15) is 4.79 Å². The summed E-state index contributed by atoms with van der Waals surface area (Å²) in [6.45, 7) is 0. The molecule has 3 aromatic rings. The van der Waals surface area contributed by atoms with E-state index in [1.165, 1.54) is 12.8 Å². The van der Waals surface area contributed by atoms with Gasteiger partial charge in [0.05, 0.1) is 19.3 Å². The summed E-state index contributed by atoms with van der Waals surface area (Å²) in [4.78, 5) is 16.7. The second-order valence-electron chi connectivity index (χ2n) is 6.89. The Balaban J connectivity index is 1.33. The van der Waals surface area contributed by atoms with Crippen LogP contribution < -0.4 is 10.1 Å². The number of methoxy groups -OCH3 is 1. The molecule has 0 radical (unpaired) electrons. The van der Waals surface area contributed by atoms with Crippen molar-refractivity contribution in [3.63, 3.8) is 0 Å². The maximum Gasteiger partial charge on any atom is 0.227 e. The first-order chi connectivity index (χ1) is 13.7. The minimum absolute atomic E-state index is 0.0936. The van der Waals surface area contributed by atoms with Crippen LogP contribution in [-0.4, -0.2) is 32.9 Å². The summed E-state index contributed by atoms with van der Waals surface area (Å²) in [7, 11) is 1.62. The number of anilines is 1. The van der Waals surface area contributed by atoms with Crippen LogP contribution in [0.4, 0.5) is 5.82 Å². The van der Waals surface area contributed by atoms with Crippen molar-refractivity contribution in [2.45, 2.75) is 44.6 Å². The highest BCUT2D eigenvalue weighted by Gasteiger charge is 2.20. The van der Waals surface area contributed by atoms with Crippen LogP contribution in [0.3, 0.4) is 0 Å². The number of aryl methyl sites for hydroxylation is 1. The van der Waals surface area contributed by atoms with Gasteiger partial charge >= 0.3 is 0 Å². The van der Waals surface area contributed by atoms with E-state index >= 15 is 0 Å². The number of hydrogen-bond donors (Lipinski definition) is 1. The van der Waals surface area contributed by atoms with E-state index in [1.807, 2.05) is 35.0 Å². The van der Waals surface area contributed by atoms with E-state index < -0.39 is 0 Å². The Hall–Kier alpha value is -3.16. The molecule has 1 amide bonds. The highest BCUT2D eigenvalue weighted by atomic mass is 16.5. The lowest BCUT2D eigenvalue weighted by atomic mass is 10.2. The molecule has 146 valence electrons. The van der Waals surface area contributed by atoms with Crippen molar-refractivity contribution in [3.05, 3.63) is 42.4 Å². The van der Waals surface area contributed by atoms with Gasteiger partial charge in [-0.15, -0.1) is 0 Å². The average molecular weight is 381 g/mol. The van der Waals surface area contributed by atoms with E-state index in [0.717, 1.165) is 30.0 Å². The molecule has 1 aromatic carbocycles. The number of nitrogens with one attached hydrogen (secondary N) is 1. The fraction of sp³-hybridized carbons (Fsp3) is 0.400. The van der Waals surface area contributed by atoms with Gasteiger partial charge in [-0.3, -0.25) is 4.79 Å². The molecular formula is C20H23N5O3. The first-order valence-electron chi connectivity index (χ1n) is 9.53. The minimum atomic E-state index is -0.0936. The van der Waals surface area contributed by atoms with Crippen LogP contribution in [0.2, 0.25) is 0 Å². The van der Waals surface area contributed by atoms with Gasteiger partial charge in [0.25, 0.3) is 0 Å². The van der Waals surface area contributed by atoms with Gasteiger partial charge in [0.15, 0.2) is 0 Å². The molecule has 0 saturated heterocycles. The number of carbonyl (C=O) groups is 1. The normalized spacial score (nSPS) is 14.3. The molecule has 1 N–H and O–H groups in total. The maximum atomic E-state index is 12.3. The Labute approximate surface area is 162 Å². The lowest BCUT2D eigenvalue weighted by Gasteiger charge is -2.14. The van der Waals surface area contributed by atoms with Gasteiger partial charge < -0.3 is 14.6 Å². The second-order valence-corrected chi connectivity index (χ2v) is 6.89. The molecule has 0 atom stereocenters. The second kappa shape index (κ2) is 8.24. The number of ether oxygens (including phenoxy) is 1. The lowest BCUT2D eigenvalue weighted by molar-refractivity contribution is -0.116. The SMILES string of the molecule is COc1ccc(-c2noc(CCC(=O)Nc3ccnn3C3CCCC3)n2)cc1. The zero-order chi connectivity index (χ0) is 19.3. The van der Waals surface area contributed by atoms with Crippen molar-refractivity contribution < 1.29 is 14.1 Å². The predicted molar refractivity (Wildman–Crippen MR) is 103 cm³/mol. The Morgan fingerprint density at radius 3 is 2.79 bits per heavy atom. The van der Waals surface area contributed by atoms with Crippen LogP contribution in [0.15, 0.2) is 41.1 Å². The number of amides is 1. The number of rotatable bonds is 7. The van der Waals surface area contributed by atoms with Crippen LogP contribution in [0.1, 0.15) is 44.0 Å². The Bertz CT molecular complexity index is 925. The zero-order valence-electron chi connectivity index (χ0n) is 15.8. The number of benzene rings is 1. The number of hydrogen-bond acceptors (Lipinski definition) is 6. The van der Waals surface area contributed by atoms with Crippen molar-refractivity contribution in [1.29, 1.82) is 0 Å². The van der Waals surface area contributed by atoms with E-state index in [-0.39, 0.29) is 12.3 Å². The first kappa shape index (κ1) is 18.2. The standard InChI is InChI=1S/C20H23N5O3/c1-27-16-8-6-14(7-9-16)20-23-19(28-24-20)11-10-18(26)22-17-12-13-21-25(17)15-4-2-3-5-15/h6-9,12-13,15H,2-5,10-11H2,1H3,(H,22,26). The third kappa shape index (κ3) is 4.05. The predicted octanol–water partition coefficient (Wildman–Crippen LogP) is 3.63. The topological polar surface area (TPSA) is 95.1 Å². The lowest BCUT2D eigenvalue weighted by Crippen LogP contribution is -2.18. The monoisotopic (exact) mass is 381 g/mol. The highest BCUT2D eigenvalue weighted by molar-refractivity contribution is 5.89. The molecule has 1 fully saturated rings. The quantitative estimate of drug-likeness (QED) is 0.671. The third-order valence-electron chi connectivity index (χ3n) is 4.99. The summed E-state index contributed by atoms with van der Waals surface area (Å²) < 4.78 is 12.4. The molecular weight excluding hydrogens is 358 g/mol. The molecule has 1 saturated carbocycles. The summed E-state index contributed by atoms with van der Waals surface area (Å²) in [5, 5.41) is 11.3. The molecule has 28 heavy (non-hydrogen) atoms. The van der Waals surface area contributed by atoms with Gasteiger partial charge in [0, 0.05) is 24.5 Å². The van der Waals surface area contributed by atoms with Crippen molar-refractivity contribution in [3.8, 4) is 17.1 Å². The molecule has 8 nitrogen and oxygen atoms in total. The van der Waals surface area contributed by atoms with Crippen molar-refractivity contribution in [2.24, 2.45) is 0 Å². The molecule has 1 aliphatic carbocycles. The highest BCUT2D eigenvalue weighted by Crippen LogP contribution is 2.31. The first-order valence-corrected chi connectivity index (χ1v) is 9.53. The molecule has 0 unspecified atom stereocenters. The van der Waals surface area contributed by atoms with Crippen LogP contribution in [0.25, 0.3) is 11.4 Å². The van der Waals surface area contributed by atoms with Crippen molar-refractivity contribution in [2.75, 3.05) is 12.4 Å². The number of carbonyl (C=O) groups excluding carboxylic acids is 1. The molecule has 2 heterocycles. The summed E-state index contributed by atoms with van der Waals surface area (Å²) in [6, 6.07) is 9.63. The van der Waals surface area contributed by atoms with Crippen LogP contribution in [-0.2, 0) is 11.2 Å². The molecule has 0 spiro atoms. The smallest absolute Gasteiger partial charge is 0.227 e.